The molecule has 1 aliphatic heterocycles. The lowest BCUT2D eigenvalue weighted by atomic mass is 10.2. The highest BCUT2D eigenvalue weighted by atomic mass is 32.2. The molecule has 5 N–H and O–H groups in total. The normalized spacial score (nSPS) is 19.9. The van der Waals surface area contributed by atoms with Gasteiger partial charge in [-0.25, -0.2) is 13.6 Å². The fourth-order valence-electron chi connectivity index (χ4n) is 1.82. The molecule has 2 rings (SSSR count). The fraction of sp³-hybridized carbons (Fsp3) is 0.364. The minimum absolute atomic E-state index is 0.0278. The summed E-state index contributed by atoms with van der Waals surface area (Å²) in [6.07, 6.45) is 0. The first-order valence-corrected chi connectivity index (χ1v) is 7.39. The molecule has 19 heavy (non-hydrogen) atoms. The quantitative estimate of drug-likeness (QED) is 0.559. The molecule has 1 aromatic rings. The molecule has 0 spiro atoms. The summed E-state index contributed by atoms with van der Waals surface area (Å²) in [6.45, 7) is 2.08. The first-order valence-electron chi connectivity index (χ1n) is 5.84. The van der Waals surface area contributed by atoms with Gasteiger partial charge in [0.25, 0.3) is 0 Å². The summed E-state index contributed by atoms with van der Waals surface area (Å²) < 4.78 is 22.4. The van der Waals surface area contributed by atoms with Crippen LogP contribution in [0.4, 0.5) is 5.69 Å². The number of amides is 1. The van der Waals surface area contributed by atoms with Crippen LogP contribution < -0.4 is 21.1 Å². The number of benzene rings is 1. The number of piperazine rings is 1. The van der Waals surface area contributed by atoms with Crippen LogP contribution in [0.15, 0.2) is 29.2 Å². The first kappa shape index (κ1) is 13.9. The molecule has 1 fully saturated rings. The molecule has 1 amide bonds. The van der Waals surface area contributed by atoms with Crippen molar-refractivity contribution in [2.45, 2.75) is 10.9 Å². The van der Waals surface area contributed by atoms with Crippen molar-refractivity contribution in [3.63, 3.8) is 0 Å². The van der Waals surface area contributed by atoms with E-state index in [0.717, 1.165) is 13.1 Å². The Labute approximate surface area is 111 Å². The van der Waals surface area contributed by atoms with Crippen molar-refractivity contribution in [2.24, 2.45) is 5.14 Å². The minimum atomic E-state index is -3.77. The van der Waals surface area contributed by atoms with Crippen LogP contribution in [0.3, 0.4) is 0 Å². The number of anilines is 1. The van der Waals surface area contributed by atoms with E-state index in [-0.39, 0.29) is 16.8 Å². The molecule has 1 aromatic carbocycles. The molecule has 0 bridgehead atoms. The van der Waals surface area contributed by atoms with Crippen LogP contribution in [0.5, 0.6) is 0 Å². The second kappa shape index (κ2) is 5.66. The average molecular weight is 284 g/mol. The third kappa shape index (κ3) is 3.74. The highest BCUT2D eigenvalue weighted by molar-refractivity contribution is 7.89. The number of nitrogens with two attached hydrogens (primary N) is 1. The number of hydrogen-bond donors (Lipinski definition) is 4. The number of rotatable bonds is 3. The second-order valence-corrected chi connectivity index (χ2v) is 5.83. The molecule has 1 heterocycles. The molecule has 8 heteroatoms. The largest absolute Gasteiger partial charge is 0.325 e. The summed E-state index contributed by atoms with van der Waals surface area (Å²) in [5, 5.41) is 13.9. The van der Waals surface area contributed by atoms with Gasteiger partial charge in [-0.15, -0.1) is 0 Å². The Hall–Kier alpha value is -1.48. The fourth-order valence-corrected chi connectivity index (χ4v) is 2.38. The monoisotopic (exact) mass is 284 g/mol. The van der Waals surface area contributed by atoms with E-state index in [9.17, 15) is 13.2 Å². The third-order valence-electron chi connectivity index (χ3n) is 2.79. The summed E-state index contributed by atoms with van der Waals surface area (Å²) in [6, 6.07) is 5.53. The predicted octanol–water partition coefficient (Wildman–Crippen LogP) is -1.17. The van der Waals surface area contributed by atoms with Gasteiger partial charge >= 0.3 is 0 Å². The van der Waals surface area contributed by atoms with E-state index in [4.69, 9.17) is 5.14 Å². The van der Waals surface area contributed by atoms with Gasteiger partial charge in [0.05, 0.1) is 10.9 Å². The smallest absolute Gasteiger partial charge is 0.242 e. The van der Waals surface area contributed by atoms with Crippen LogP contribution in [-0.4, -0.2) is 40.0 Å². The molecule has 0 saturated carbocycles. The van der Waals surface area contributed by atoms with E-state index in [1.165, 1.54) is 18.2 Å². The zero-order valence-electron chi connectivity index (χ0n) is 10.2. The molecule has 1 atom stereocenters. The van der Waals surface area contributed by atoms with Crippen LogP contribution in [0.1, 0.15) is 0 Å². The minimum Gasteiger partial charge on any atom is -0.325 e. The van der Waals surface area contributed by atoms with E-state index in [0.29, 0.717) is 12.2 Å². The maximum Gasteiger partial charge on any atom is 0.242 e. The Balaban J connectivity index is 2.08. The molecular weight excluding hydrogens is 268 g/mol. The van der Waals surface area contributed by atoms with Crippen LogP contribution in [-0.2, 0) is 14.8 Å². The van der Waals surface area contributed by atoms with Gasteiger partial charge in [0.2, 0.25) is 15.9 Å². The van der Waals surface area contributed by atoms with Crippen LogP contribution in [0.2, 0.25) is 0 Å². The number of carbonyl (C=O) groups is 1. The zero-order chi connectivity index (χ0) is 13.9. The lowest BCUT2D eigenvalue weighted by Gasteiger charge is -2.23. The van der Waals surface area contributed by atoms with Gasteiger partial charge < -0.3 is 16.0 Å². The highest BCUT2D eigenvalue weighted by Gasteiger charge is 2.20. The maximum absolute atomic E-state index is 11.9. The predicted molar refractivity (Wildman–Crippen MR) is 71.1 cm³/mol. The number of hydrogen-bond acceptors (Lipinski definition) is 5. The maximum atomic E-state index is 11.9. The Kier molecular flexibility index (Phi) is 4.15. The van der Waals surface area contributed by atoms with Gasteiger partial charge in [0.15, 0.2) is 0 Å². The van der Waals surface area contributed by atoms with Gasteiger partial charge in [-0.2, -0.15) is 0 Å². The van der Waals surface area contributed by atoms with E-state index in [2.05, 4.69) is 16.0 Å². The lowest BCUT2D eigenvalue weighted by Crippen LogP contribution is -2.54. The number of nitrogens with one attached hydrogen (secondary N) is 3. The molecule has 0 aromatic heterocycles. The summed E-state index contributed by atoms with van der Waals surface area (Å²) in [5.41, 5.74) is 0.406. The SMILES string of the molecule is NS(=O)(=O)c1cccc(NC(=O)C2CNCCN2)c1. The molecule has 0 aliphatic carbocycles. The van der Waals surface area contributed by atoms with Crippen molar-refractivity contribution >= 4 is 21.6 Å². The van der Waals surface area contributed by atoms with Crippen molar-refractivity contribution in [3.05, 3.63) is 24.3 Å². The lowest BCUT2D eigenvalue weighted by molar-refractivity contribution is -0.118. The van der Waals surface area contributed by atoms with Crippen molar-refractivity contribution in [1.29, 1.82) is 0 Å². The van der Waals surface area contributed by atoms with E-state index >= 15 is 0 Å². The Morgan fingerprint density at radius 2 is 2.16 bits per heavy atom. The summed E-state index contributed by atoms with van der Waals surface area (Å²) in [4.78, 5) is 11.9. The van der Waals surface area contributed by atoms with Crippen molar-refractivity contribution in [1.82, 2.24) is 10.6 Å². The molecule has 1 saturated heterocycles. The molecule has 7 nitrogen and oxygen atoms in total. The van der Waals surface area contributed by atoms with Crippen molar-refractivity contribution in [3.8, 4) is 0 Å². The number of carbonyl (C=O) groups excluding carboxylic acids is 1. The number of primary sulfonamides is 1. The van der Waals surface area contributed by atoms with Gasteiger partial charge in [0.1, 0.15) is 0 Å². The zero-order valence-corrected chi connectivity index (χ0v) is 11.0. The van der Waals surface area contributed by atoms with Gasteiger partial charge in [0, 0.05) is 25.3 Å². The Morgan fingerprint density at radius 3 is 2.79 bits per heavy atom. The summed E-state index contributed by atoms with van der Waals surface area (Å²) in [5.74, 6) is -0.209. The van der Waals surface area contributed by atoms with E-state index in [1.54, 1.807) is 6.07 Å². The standard InChI is InChI=1S/C11H16N4O3S/c12-19(17,18)9-3-1-2-8(6-9)15-11(16)10-7-13-4-5-14-10/h1-3,6,10,13-14H,4-5,7H2,(H,15,16)(H2,12,17,18). The van der Waals surface area contributed by atoms with Gasteiger partial charge in [-0.05, 0) is 18.2 Å². The first-order chi connectivity index (χ1) is 8.97. The highest BCUT2D eigenvalue weighted by Crippen LogP contribution is 2.14. The third-order valence-corrected chi connectivity index (χ3v) is 3.70. The molecule has 104 valence electrons. The second-order valence-electron chi connectivity index (χ2n) is 4.27. The Bertz CT molecular complexity index is 567. The molecular formula is C11H16N4O3S. The molecule has 1 unspecified atom stereocenters. The summed E-state index contributed by atoms with van der Waals surface area (Å²) >= 11 is 0. The van der Waals surface area contributed by atoms with Crippen LogP contribution in [0, 0.1) is 0 Å². The number of sulfonamides is 1. The van der Waals surface area contributed by atoms with Crippen molar-refractivity contribution < 1.29 is 13.2 Å². The Morgan fingerprint density at radius 1 is 1.37 bits per heavy atom. The summed E-state index contributed by atoms with van der Waals surface area (Å²) in [7, 11) is -3.77. The molecule has 1 aliphatic rings. The van der Waals surface area contributed by atoms with Gasteiger partial charge in [-0.3, -0.25) is 4.79 Å². The van der Waals surface area contributed by atoms with E-state index in [1.807, 2.05) is 0 Å². The van der Waals surface area contributed by atoms with Crippen LogP contribution in [0.25, 0.3) is 0 Å². The van der Waals surface area contributed by atoms with E-state index < -0.39 is 10.0 Å². The average Bonchev–Trinajstić information content (AvgIpc) is 2.39. The van der Waals surface area contributed by atoms with Crippen molar-refractivity contribution in [2.75, 3.05) is 25.0 Å². The van der Waals surface area contributed by atoms with Gasteiger partial charge in [-0.1, -0.05) is 6.07 Å². The van der Waals surface area contributed by atoms with Crippen LogP contribution >= 0.6 is 0 Å². The topological polar surface area (TPSA) is 113 Å². The molecule has 0 radical (unpaired) electrons.